The van der Waals surface area contributed by atoms with Crippen molar-refractivity contribution in [2.24, 2.45) is 7.05 Å². The molecule has 0 bridgehead atoms. The van der Waals surface area contributed by atoms with Crippen molar-refractivity contribution in [2.75, 3.05) is 19.5 Å². The zero-order valence-electron chi connectivity index (χ0n) is 13.7. The number of fused-ring (bicyclic) bond motifs is 1. The van der Waals surface area contributed by atoms with Crippen LogP contribution in [0.15, 0.2) is 0 Å². The second-order valence-electron chi connectivity index (χ2n) is 5.74. The molecule has 21 heavy (non-hydrogen) atoms. The highest BCUT2D eigenvalue weighted by Crippen LogP contribution is 2.19. The molecule has 1 unspecified atom stereocenters. The molecule has 5 nitrogen and oxygen atoms in total. The van der Waals surface area contributed by atoms with Gasteiger partial charge in [0, 0.05) is 38.5 Å². The molecule has 0 aliphatic carbocycles. The monoisotopic (exact) mass is 311 g/mol. The maximum Gasteiger partial charge on any atom is 0.158 e. The minimum absolute atomic E-state index is 0.591. The molecular formula is C15H26ClN5. The van der Waals surface area contributed by atoms with Crippen molar-refractivity contribution in [3.63, 3.8) is 0 Å². The van der Waals surface area contributed by atoms with Gasteiger partial charge in [0.05, 0.1) is 5.69 Å². The molecule has 2 aromatic rings. The van der Waals surface area contributed by atoms with E-state index < -0.39 is 0 Å². The third kappa shape index (κ3) is 3.24. The first kappa shape index (κ1) is 16.3. The molecule has 0 fully saturated rings. The molecule has 0 aliphatic heterocycles. The minimum atomic E-state index is 0.591. The van der Waals surface area contributed by atoms with Crippen molar-refractivity contribution in [1.29, 1.82) is 0 Å². The van der Waals surface area contributed by atoms with Crippen LogP contribution in [0.1, 0.15) is 31.8 Å². The average Bonchev–Trinajstić information content (AvgIpc) is 2.95. The Morgan fingerprint density at radius 3 is 2.71 bits per heavy atom. The van der Waals surface area contributed by atoms with Gasteiger partial charge >= 0.3 is 0 Å². The highest BCUT2D eigenvalue weighted by atomic mass is 35.5. The van der Waals surface area contributed by atoms with Gasteiger partial charge in [0.15, 0.2) is 5.65 Å². The summed E-state index contributed by atoms with van der Waals surface area (Å²) in [5.41, 5.74) is 3.09. The van der Waals surface area contributed by atoms with Crippen LogP contribution in [-0.4, -0.2) is 49.7 Å². The Morgan fingerprint density at radius 2 is 2.10 bits per heavy atom. The van der Waals surface area contributed by atoms with E-state index in [4.69, 9.17) is 16.6 Å². The molecule has 1 atom stereocenters. The zero-order chi connectivity index (χ0) is 15.6. The van der Waals surface area contributed by atoms with Crippen LogP contribution in [0.5, 0.6) is 0 Å². The maximum absolute atomic E-state index is 5.93. The molecule has 0 aliphatic rings. The molecule has 0 aromatic carbocycles. The quantitative estimate of drug-likeness (QED) is 0.738. The zero-order valence-corrected chi connectivity index (χ0v) is 14.5. The summed E-state index contributed by atoms with van der Waals surface area (Å²) < 4.78 is 4.20. The molecule has 0 amide bonds. The lowest BCUT2D eigenvalue weighted by Crippen LogP contribution is -2.32. The predicted molar refractivity (Wildman–Crippen MR) is 88.0 cm³/mol. The van der Waals surface area contributed by atoms with Crippen LogP contribution in [0.25, 0.3) is 11.2 Å². The number of nitrogens with zero attached hydrogens (tertiary/aromatic N) is 5. The molecule has 2 aromatic heterocycles. The van der Waals surface area contributed by atoms with Crippen molar-refractivity contribution in [3.8, 4) is 0 Å². The molecule has 0 N–H and O–H groups in total. The van der Waals surface area contributed by atoms with Crippen LogP contribution in [0.2, 0.25) is 0 Å². The van der Waals surface area contributed by atoms with Crippen molar-refractivity contribution in [3.05, 3.63) is 11.5 Å². The van der Waals surface area contributed by atoms with E-state index in [9.17, 15) is 0 Å². The number of imidazole rings is 1. The molecule has 0 spiro atoms. The maximum atomic E-state index is 5.93. The van der Waals surface area contributed by atoms with Gasteiger partial charge in [-0.2, -0.15) is 5.10 Å². The van der Waals surface area contributed by atoms with Gasteiger partial charge in [-0.3, -0.25) is 4.68 Å². The smallest absolute Gasteiger partial charge is 0.158 e. The fourth-order valence-electron chi connectivity index (χ4n) is 2.68. The van der Waals surface area contributed by atoms with E-state index in [1.807, 2.05) is 18.7 Å². The average molecular weight is 312 g/mol. The number of hydrogen-bond acceptors (Lipinski definition) is 3. The molecule has 6 heteroatoms. The minimum Gasteiger partial charge on any atom is -0.312 e. The molecule has 118 valence electrons. The van der Waals surface area contributed by atoms with E-state index in [-0.39, 0.29) is 0 Å². The van der Waals surface area contributed by atoms with Gasteiger partial charge < -0.3 is 9.47 Å². The van der Waals surface area contributed by atoms with Crippen molar-refractivity contribution >= 4 is 22.8 Å². The lowest BCUT2D eigenvalue weighted by molar-refractivity contribution is 0.242. The second-order valence-corrected chi connectivity index (χ2v) is 6.12. The number of alkyl halides is 1. The van der Waals surface area contributed by atoms with Crippen molar-refractivity contribution in [1.82, 2.24) is 24.2 Å². The Kier molecular flexibility index (Phi) is 5.27. The number of aromatic nitrogens is 4. The van der Waals surface area contributed by atoms with Gasteiger partial charge in [-0.15, -0.1) is 11.6 Å². The van der Waals surface area contributed by atoms with Gasteiger partial charge in [-0.1, -0.05) is 6.92 Å². The Bertz CT molecular complexity index is 601. The summed E-state index contributed by atoms with van der Waals surface area (Å²) in [4.78, 5) is 7.13. The summed E-state index contributed by atoms with van der Waals surface area (Å²) in [7, 11) is 4.16. The first-order chi connectivity index (χ1) is 9.99. The van der Waals surface area contributed by atoms with E-state index >= 15 is 0 Å². The fraction of sp³-hybridized carbons (Fsp3) is 0.733. The van der Waals surface area contributed by atoms with E-state index in [2.05, 4.69) is 35.5 Å². The first-order valence-corrected chi connectivity index (χ1v) is 8.17. The third-order valence-corrected chi connectivity index (χ3v) is 4.50. The lowest BCUT2D eigenvalue weighted by Gasteiger charge is -2.24. The van der Waals surface area contributed by atoms with Crippen molar-refractivity contribution in [2.45, 2.75) is 46.2 Å². The van der Waals surface area contributed by atoms with E-state index in [1.54, 1.807) is 0 Å². The third-order valence-electron chi connectivity index (χ3n) is 4.31. The number of rotatable bonds is 7. The van der Waals surface area contributed by atoms with Crippen LogP contribution in [0.4, 0.5) is 0 Å². The van der Waals surface area contributed by atoms with Gasteiger partial charge in [0.1, 0.15) is 11.3 Å². The van der Waals surface area contributed by atoms with Crippen LogP contribution >= 0.6 is 11.6 Å². The number of hydrogen-bond donors (Lipinski definition) is 0. The van der Waals surface area contributed by atoms with Gasteiger partial charge in [0.2, 0.25) is 0 Å². The van der Waals surface area contributed by atoms with Crippen LogP contribution in [-0.2, 0) is 20.0 Å². The molecule has 2 rings (SSSR count). The summed E-state index contributed by atoms with van der Waals surface area (Å²) in [5, 5.41) is 4.48. The molecule has 0 saturated carbocycles. The normalized spacial score (nSPS) is 13.5. The van der Waals surface area contributed by atoms with Crippen LogP contribution in [0, 0.1) is 6.92 Å². The molecular weight excluding hydrogens is 286 g/mol. The molecule has 0 saturated heterocycles. The first-order valence-electron chi connectivity index (χ1n) is 7.64. The largest absolute Gasteiger partial charge is 0.312 e. The van der Waals surface area contributed by atoms with Crippen molar-refractivity contribution < 1.29 is 0 Å². The summed E-state index contributed by atoms with van der Waals surface area (Å²) in [6.45, 7) is 8.41. The summed E-state index contributed by atoms with van der Waals surface area (Å²) in [5.74, 6) is 1.66. The Labute approximate surface area is 131 Å². The summed E-state index contributed by atoms with van der Waals surface area (Å²) in [6, 6.07) is 0.591. The number of aryl methyl sites for hydroxylation is 3. The van der Waals surface area contributed by atoms with E-state index in [0.29, 0.717) is 11.9 Å². The van der Waals surface area contributed by atoms with Crippen LogP contribution < -0.4 is 0 Å². The number of likely N-dealkylation sites (N-methyl/N-ethyl adjacent to an activating group) is 1. The van der Waals surface area contributed by atoms with Gasteiger partial charge in [-0.25, -0.2) is 4.98 Å². The van der Waals surface area contributed by atoms with Gasteiger partial charge in [-0.05, 0) is 27.3 Å². The summed E-state index contributed by atoms with van der Waals surface area (Å²) >= 11 is 5.93. The molecule has 2 heterocycles. The predicted octanol–water partition coefficient (Wildman–Crippen LogP) is 2.59. The molecule has 0 radical (unpaired) electrons. The van der Waals surface area contributed by atoms with Gasteiger partial charge in [0.25, 0.3) is 0 Å². The standard InChI is InChI=1S/C15H26ClN5/c1-6-11(2)19(4)9-10-21-13(7-8-16)17-14-12(3)18-20(5)15(14)21/h11H,6-10H2,1-5H3. The Morgan fingerprint density at radius 1 is 1.38 bits per heavy atom. The van der Waals surface area contributed by atoms with Crippen LogP contribution in [0.3, 0.4) is 0 Å². The topological polar surface area (TPSA) is 38.9 Å². The van der Waals surface area contributed by atoms with E-state index in [1.165, 1.54) is 0 Å². The van der Waals surface area contributed by atoms with E-state index in [0.717, 1.165) is 48.6 Å². The summed E-state index contributed by atoms with van der Waals surface area (Å²) in [6.07, 6.45) is 1.96. The highest BCUT2D eigenvalue weighted by molar-refractivity contribution is 6.17. The second kappa shape index (κ2) is 6.79. The fourth-order valence-corrected chi connectivity index (χ4v) is 2.85. The highest BCUT2D eigenvalue weighted by Gasteiger charge is 2.17. The number of halogens is 1. The SMILES string of the molecule is CCC(C)N(C)CCn1c(CCCl)nc2c(C)nn(C)c21. The Hall–Kier alpha value is -1.07. The Balaban J connectivity index is 2.29. The lowest BCUT2D eigenvalue weighted by atomic mass is 10.2.